The molecule has 0 aliphatic rings. The van der Waals surface area contributed by atoms with Gasteiger partial charge in [0.25, 0.3) is 0 Å². The molecule has 21 heavy (non-hydrogen) atoms. The van der Waals surface area contributed by atoms with Crippen LogP contribution in [0.1, 0.15) is 22.5 Å². The van der Waals surface area contributed by atoms with Gasteiger partial charge < -0.3 is 10.8 Å². The Morgan fingerprint density at radius 3 is 2.86 bits per heavy atom. The molecule has 0 spiro atoms. The summed E-state index contributed by atoms with van der Waals surface area (Å²) in [4.78, 5) is 8.24. The van der Waals surface area contributed by atoms with Crippen LogP contribution in [0.2, 0.25) is 0 Å². The fraction of sp³-hybridized carbons (Fsp3) is 0.154. The summed E-state index contributed by atoms with van der Waals surface area (Å²) in [7, 11) is 0. The first kappa shape index (κ1) is 12.8. The zero-order valence-electron chi connectivity index (χ0n) is 11.0. The van der Waals surface area contributed by atoms with Crippen LogP contribution in [-0.4, -0.2) is 25.4 Å². The largest absolute Gasteiger partial charge is 0.492 e. The molecular formula is C13H10N6O2. The normalized spacial score (nSPS) is 10.7. The number of nitrogens with two attached hydrogens (primary N) is 1. The molecular weight excluding hydrogens is 272 g/mol. The third kappa shape index (κ3) is 2.10. The molecule has 0 aliphatic heterocycles. The molecule has 0 saturated carbocycles. The lowest BCUT2D eigenvalue weighted by Crippen LogP contribution is -2.04. The third-order valence-electron chi connectivity index (χ3n) is 3.17. The lowest BCUT2D eigenvalue weighted by Gasteiger charge is -2.08. The fourth-order valence-electron chi connectivity index (χ4n) is 2.07. The molecule has 3 aromatic rings. The van der Waals surface area contributed by atoms with Crippen molar-refractivity contribution in [2.75, 3.05) is 5.73 Å². The summed E-state index contributed by atoms with van der Waals surface area (Å²) in [5.74, 6) is -0.302. The predicted octanol–water partition coefficient (Wildman–Crippen LogP) is 1.07. The van der Waals surface area contributed by atoms with Crippen LogP contribution in [0.4, 0.5) is 5.69 Å². The first-order chi connectivity index (χ1) is 10.1. The van der Waals surface area contributed by atoms with Gasteiger partial charge in [-0.15, -0.1) is 0 Å². The number of nitrogen functional groups attached to an aromatic ring is 1. The van der Waals surface area contributed by atoms with E-state index in [1.807, 2.05) is 6.07 Å². The molecule has 0 radical (unpaired) electrons. The first-order valence-electron chi connectivity index (χ1n) is 6.06. The van der Waals surface area contributed by atoms with Crippen LogP contribution in [0.3, 0.4) is 0 Å². The third-order valence-corrected chi connectivity index (χ3v) is 3.17. The lowest BCUT2D eigenvalue weighted by molar-refractivity contribution is 0.315. The van der Waals surface area contributed by atoms with E-state index in [1.165, 1.54) is 6.07 Å². The Balaban J connectivity index is 2.05. The molecule has 8 nitrogen and oxygen atoms in total. The second-order valence-electron chi connectivity index (χ2n) is 4.49. The van der Waals surface area contributed by atoms with Gasteiger partial charge in [0.15, 0.2) is 5.52 Å². The molecule has 0 unspecified atom stereocenters. The van der Waals surface area contributed by atoms with Crippen molar-refractivity contribution in [3.05, 3.63) is 34.6 Å². The topological polar surface area (TPSA) is 135 Å². The van der Waals surface area contributed by atoms with Crippen LogP contribution in [0.15, 0.2) is 16.8 Å². The van der Waals surface area contributed by atoms with Gasteiger partial charge in [-0.3, -0.25) is 0 Å². The van der Waals surface area contributed by atoms with Gasteiger partial charge in [0.1, 0.15) is 11.6 Å². The van der Waals surface area contributed by atoms with E-state index < -0.39 is 0 Å². The van der Waals surface area contributed by atoms with E-state index in [0.717, 1.165) is 5.56 Å². The molecule has 0 aliphatic carbocycles. The van der Waals surface area contributed by atoms with E-state index in [1.54, 1.807) is 13.0 Å². The van der Waals surface area contributed by atoms with E-state index in [4.69, 9.17) is 11.0 Å². The highest BCUT2D eigenvalue weighted by molar-refractivity contribution is 5.85. The van der Waals surface area contributed by atoms with Gasteiger partial charge in [-0.05, 0) is 29.4 Å². The Bertz CT molecular complexity index is 880. The number of fused-ring (bicyclic) bond motifs is 1. The Morgan fingerprint density at radius 1 is 1.33 bits per heavy atom. The van der Waals surface area contributed by atoms with E-state index in [0.29, 0.717) is 34.7 Å². The minimum Gasteiger partial charge on any atom is -0.492 e. The summed E-state index contributed by atoms with van der Waals surface area (Å²) in [5.41, 5.74) is 9.33. The van der Waals surface area contributed by atoms with Crippen LogP contribution in [0, 0.1) is 18.3 Å². The number of aromatic hydroxyl groups is 1. The Kier molecular flexibility index (Phi) is 2.88. The second-order valence-corrected chi connectivity index (χ2v) is 4.49. The number of hydrogen-bond donors (Lipinski definition) is 2. The lowest BCUT2D eigenvalue weighted by atomic mass is 10.0. The number of nitriles is 1. The van der Waals surface area contributed by atoms with Crippen LogP contribution in [0.5, 0.6) is 5.88 Å². The standard InChI is InChI=1S/C13H10N6O2/c1-6-9(10(15)11-12(16-6)19-21-18-11)4-8-3-2-7(5-14)13(20)17-8/h2-3H,4,15H2,1H3,(H,17,20). The SMILES string of the molecule is Cc1nc2nonc2c(N)c1Cc1ccc(C#N)c(O)n1. The first-order valence-corrected chi connectivity index (χ1v) is 6.06. The summed E-state index contributed by atoms with van der Waals surface area (Å²) < 4.78 is 4.62. The number of nitrogens with zero attached hydrogens (tertiary/aromatic N) is 5. The molecule has 0 bridgehead atoms. The fourth-order valence-corrected chi connectivity index (χ4v) is 2.07. The van der Waals surface area contributed by atoms with Gasteiger partial charge >= 0.3 is 0 Å². The Hall–Kier alpha value is -3.21. The smallest absolute Gasteiger partial charge is 0.229 e. The number of hydrogen-bond acceptors (Lipinski definition) is 8. The molecule has 3 aromatic heterocycles. The maximum atomic E-state index is 9.63. The summed E-state index contributed by atoms with van der Waals surface area (Å²) in [5, 5.41) is 25.8. The number of rotatable bonds is 2. The summed E-state index contributed by atoms with van der Waals surface area (Å²) in [6.07, 6.45) is 0.354. The van der Waals surface area contributed by atoms with E-state index in [2.05, 4.69) is 24.9 Å². The average molecular weight is 282 g/mol. The van der Waals surface area contributed by atoms with Crippen molar-refractivity contribution in [2.45, 2.75) is 13.3 Å². The second kappa shape index (κ2) is 4.72. The molecule has 0 atom stereocenters. The zero-order valence-corrected chi connectivity index (χ0v) is 11.0. The Labute approximate surface area is 118 Å². The molecule has 3 heterocycles. The molecule has 0 amide bonds. The molecule has 0 fully saturated rings. The average Bonchev–Trinajstić information content (AvgIpc) is 2.92. The van der Waals surface area contributed by atoms with Gasteiger partial charge in [0.05, 0.1) is 5.69 Å². The van der Waals surface area contributed by atoms with Crippen molar-refractivity contribution in [1.82, 2.24) is 20.3 Å². The number of aromatic nitrogens is 4. The number of aryl methyl sites for hydroxylation is 1. The van der Waals surface area contributed by atoms with Crippen molar-refractivity contribution < 1.29 is 9.74 Å². The van der Waals surface area contributed by atoms with E-state index in [9.17, 15) is 5.11 Å². The van der Waals surface area contributed by atoms with Crippen LogP contribution in [-0.2, 0) is 6.42 Å². The highest BCUT2D eigenvalue weighted by Crippen LogP contribution is 2.26. The molecule has 3 rings (SSSR count). The van der Waals surface area contributed by atoms with Gasteiger partial charge in [0.2, 0.25) is 11.5 Å². The van der Waals surface area contributed by atoms with Crippen molar-refractivity contribution in [2.24, 2.45) is 0 Å². The van der Waals surface area contributed by atoms with E-state index in [-0.39, 0.29) is 11.4 Å². The van der Waals surface area contributed by atoms with Crippen molar-refractivity contribution >= 4 is 16.9 Å². The summed E-state index contributed by atoms with van der Waals surface area (Å²) in [6, 6.07) is 5.01. The molecule has 0 saturated heterocycles. The molecule has 0 aromatic carbocycles. The number of pyridine rings is 2. The van der Waals surface area contributed by atoms with Gasteiger partial charge in [-0.2, -0.15) is 5.26 Å². The van der Waals surface area contributed by atoms with Crippen molar-refractivity contribution in [3.63, 3.8) is 0 Å². The highest BCUT2D eigenvalue weighted by atomic mass is 16.6. The monoisotopic (exact) mass is 282 g/mol. The van der Waals surface area contributed by atoms with Gasteiger partial charge in [-0.25, -0.2) is 14.6 Å². The summed E-state index contributed by atoms with van der Waals surface area (Å²) >= 11 is 0. The molecule has 104 valence electrons. The predicted molar refractivity (Wildman–Crippen MR) is 72.2 cm³/mol. The summed E-state index contributed by atoms with van der Waals surface area (Å²) in [6.45, 7) is 1.79. The van der Waals surface area contributed by atoms with Crippen molar-refractivity contribution in [3.8, 4) is 11.9 Å². The zero-order chi connectivity index (χ0) is 15.0. The van der Waals surface area contributed by atoms with E-state index >= 15 is 0 Å². The van der Waals surface area contributed by atoms with Crippen LogP contribution in [0.25, 0.3) is 11.2 Å². The van der Waals surface area contributed by atoms with Gasteiger partial charge in [-0.1, -0.05) is 0 Å². The highest BCUT2D eigenvalue weighted by Gasteiger charge is 2.15. The van der Waals surface area contributed by atoms with Crippen molar-refractivity contribution in [1.29, 1.82) is 5.26 Å². The minimum atomic E-state index is -0.302. The maximum absolute atomic E-state index is 9.63. The minimum absolute atomic E-state index is 0.123. The molecule has 3 N–H and O–H groups in total. The van der Waals surface area contributed by atoms with Gasteiger partial charge in [0, 0.05) is 23.4 Å². The maximum Gasteiger partial charge on any atom is 0.229 e. The van der Waals surface area contributed by atoms with Crippen LogP contribution >= 0.6 is 0 Å². The quantitative estimate of drug-likeness (QED) is 0.712. The number of anilines is 1. The Morgan fingerprint density at radius 2 is 2.14 bits per heavy atom. The van der Waals surface area contributed by atoms with Crippen LogP contribution < -0.4 is 5.73 Å². The molecule has 8 heteroatoms.